The monoisotopic (exact) mass is 332 g/mol. The highest BCUT2D eigenvalue weighted by atomic mass is 32.1. The number of likely N-dealkylation sites (N-methyl/N-ethyl adjacent to an activating group) is 1. The van der Waals surface area contributed by atoms with Crippen molar-refractivity contribution in [2.45, 2.75) is 31.8 Å². The molecule has 0 unspecified atom stereocenters. The topological polar surface area (TPSA) is 69.6 Å². The molecule has 23 heavy (non-hydrogen) atoms. The van der Waals surface area contributed by atoms with E-state index in [0.717, 1.165) is 28.5 Å². The van der Waals surface area contributed by atoms with Crippen molar-refractivity contribution in [3.63, 3.8) is 0 Å². The number of aliphatic carboxylic acids is 1. The van der Waals surface area contributed by atoms with Crippen LogP contribution >= 0.6 is 11.3 Å². The lowest BCUT2D eigenvalue weighted by Crippen LogP contribution is -2.54. The van der Waals surface area contributed by atoms with Gasteiger partial charge in [0.1, 0.15) is 0 Å². The lowest BCUT2D eigenvalue weighted by molar-refractivity contribution is -0.139. The maximum atomic E-state index is 12.4. The molecule has 1 aliphatic carbocycles. The summed E-state index contributed by atoms with van der Waals surface area (Å²) in [4.78, 5) is 25.2. The van der Waals surface area contributed by atoms with Crippen molar-refractivity contribution in [1.29, 1.82) is 0 Å². The zero-order valence-corrected chi connectivity index (χ0v) is 13.8. The van der Waals surface area contributed by atoms with Gasteiger partial charge < -0.3 is 10.4 Å². The van der Waals surface area contributed by atoms with Crippen LogP contribution in [0.2, 0.25) is 0 Å². The van der Waals surface area contributed by atoms with Gasteiger partial charge in [0, 0.05) is 27.5 Å². The number of hydrogen-bond donors (Lipinski definition) is 2. The molecule has 0 radical (unpaired) electrons. The Hall–Kier alpha value is -1.92. The van der Waals surface area contributed by atoms with E-state index in [1.54, 1.807) is 11.3 Å². The van der Waals surface area contributed by atoms with Gasteiger partial charge in [0.25, 0.3) is 5.91 Å². The molecule has 0 bridgehead atoms. The molecular formula is C17H20N2O3S. The average molecular weight is 332 g/mol. The number of benzene rings is 1. The average Bonchev–Trinajstić information content (AvgIpc) is 2.92. The summed E-state index contributed by atoms with van der Waals surface area (Å²) >= 11 is 1.58. The quantitative estimate of drug-likeness (QED) is 0.853. The summed E-state index contributed by atoms with van der Waals surface area (Å²) in [5, 5.41) is 14.9. The Morgan fingerprint density at radius 2 is 2.09 bits per heavy atom. The summed E-state index contributed by atoms with van der Waals surface area (Å²) in [7, 11) is 0. The van der Waals surface area contributed by atoms with Crippen molar-refractivity contribution >= 4 is 33.3 Å². The molecule has 1 saturated carbocycles. The second-order valence-corrected chi connectivity index (χ2v) is 6.81. The van der Waals surface area contributed by atoms with E-state index in [1.165, 1.54) is 0 Å². The minimum atomic E-state index is -0.802. The maximum Gasteiger partial charge on any atom is 0.317 e. The van der Waals surface area contributed by atoms with Gasteiger partial charge in [-0.1, -0.05) is 25.1 Å². The van der Waals surface area contributed by atoms with Gasteiger partial charge in [0.15, 0.2) is 0 Å². The third-order valence-corrected chi connectivity index (χ3v) is 5.40. The van der Waals surface area contributed by atoms with Crippen LogP contribution in [0.4, 0.5) is 0 Å². The molecule has 1 fully saturated rings. The molecule has 122 valence electrons. The number of nitrogens with one attached hydrogen (secondary N) is 1. The van der Waals surface area contributed by atoms with Crippen LogP contribution in [0.15, 0.2) is 29.6 Å². The Morgan fingerprint density at radius 3 is 2.78 bits per heavy atom. The normalized spacial score (nSPS) is 20.4. The molecule has 0 aliphatic heterocycles. The molecule has 2 N–H and O–H groups in total. The molecule has 1 aromatic heterocycles. The van der Waals surface area contributed by atoms with Gasteiger partial charge in [-0.15, -0.1) is 11.3 Å². The minimum Gasteiger partial charge on any atom is -0.480 e. The Morgan fingerprint density at radius 1 is 1.35 bits per heavy atom. The molecule has 1 heterocycles. The predicted octanol–water partition coefficient (Wildman–Crippen LogP) is 2.57. The van der Waals surface area contributed by atoms with Crippen LogP contribution in [-0.2, 0) is 4.79 Å². The van der Waals surface area contributed by atoms with Crippen molar-refractivity contribution in [1.82, 2.24) is 10.2 Å². The number of carbonyl (C=O) groups is 2. The van der Waals surface area contributed by atoms with E-state index < -0.39 is 5.97 Å². The minimum absolute atomic E-state index is 0.0350. The fourth-order valence-corrected chi connectivity index (χ4v) is 4.03. The lowest BCUT2D eigenvalue weighted by Gasteiger charge is -2.42. The fraction of sp³-hybridized carbons (Fsp3) is 0.412. The highest BCUT2D eigenvalue weighted by molar-refractivity contribution is 7.17. The first-order valence-corrected chi connectivity index (χ1v) is 8.69. The van der Waals surface area contributed by atoms with Crippen LogP contribution in [-0.4, -0.2) is 47.1 Å². The second kappa shape index (κ2) is 6.68. The summed E-state index contributed by atoms with van der Waals surface area (Å²) < 4.78 is 1.11. The number of nitrogens with zero attached hydrogens (tertiary/aromatic N) is 1. The van der Waals surface area contributed by atoms with Crippen LogP contribution < -0.4 is 5.32 Å². The van der Waals surface area contributed by atoms with Crippen molar-refractivity contribution < 1.29 is 14.7 Å². The van der Waals surface area contributed by atoms with E-state index in [2.05, 4.69) is 5.32 Å². The van der Waals surface area contributed by atoms with Gasteiger partial charge >= 0.3 is 5.97 Å². The number of carboxylic acids is 1. The van der Waals surface area contributed by atoms with Crippen LogP contribution in [0.3, 0.4) is 0 Å². The van der Waals surface area contributed by atoms with Gasteiger partial charge in [-0.05, 0) is 25.5 Å². The SMILES string of the molecule is CCN(CC(=O)O)C1CC(NC(=O)c2csc3ccccc23)C1. The Labute approximate surface area is 138 Å². The standard InChI is InChI=1S/C17H20N2O3S/c1-2-19(9-16(20)21)12-7-11(8-12)18-17(22)14-10-23-15-6-4-3-5-13(14)15/h3-6,10-12H,2,7-9H2,1H3,(H,18,22)(H,20,21). The molecule has 1 aromatic carbocycles. The fourth-order valence-electron chi connectivity index (χ4n) is 3.09. The van der Waals surface area contributed by atoms with Gasteiger partial charge in [-0.25, -0.2) is 0 Å². The number of hydrogen-bond acceptors (Lipinski definition) is 4. The number of rotatable bonds is 6. The Bertz CT molecular complexity index is 721. The molecular weight excluding hydrogens is 312 g/mol. The van der Waals surface area contributed by atoms with E-state index in [4.69, 9.17) is 5.11 Å². The van der Waals surface area contributed by atoms with E-state index in [0.29, 0.717) is 6.54 Å². The predicted molar refractivity (Wildman–Crippen MR) is 91.0 cm³/mol. The van der Waals surface area contributed by atoms with Crippen molar-refractivity contribution in [2.24, 2.45) is 0 Å². The summed E-state index contributed by atoms with van der Waals surface area (Å²) in [6.07, 6.45) is 1.63. The Balaban J connectivity index is 1.57. The molecule has 0 spiro atoms. The van der Waals surface area contributed by atoms with E-state index in [9.17, 15) is 9.59 Å². The van der Waals surface area contributed by atoms with E-state index >= 15 is 0 Å². The summed E-state index contributed by atoms with van der Waals surface area (Å²) in [6.45, 7) is 2.75. The molecule has 0 saturated heterocycles. The first kappa shape index (κ1) is 16.0. The highest BCUT2D eigenvalue weighted by Crippen LogP contribution is 2.28. The van der Waals surface area contributed by atoms with Crippen LogP contribution in [0.1, 0.15) is 30.1 Å². The summed E-state index contributed by atoms with van der Waals surface area (Å²) in [5.41, 5.74) is 0.729. The smallest absolute Gasteiger partial charge is 0.317 e. The molecule has 5 nitrogen and oxygen atoms in total. The molecule has 3 rings (SSSR count). The van der Waals surface area contributed by atoms with Gasteiger partial charge in [0.2, 0.25) is 0 Å². The first-order valence-electron chi connectivity index (χ1n) is 7.81. The number of carboxylic acid groups (broad SMARTS) is 1. The Kier molecular flexibility index (Phi) is 4.63. The molecule has 6 heteroatoms. The molecule has 2 aromatic rings. The molecule has 1 amide bonds. The summed E-state index contributed by atoms with van der Waals surface area (Å²) in [5.74, 6) is -0.837. The van der Waals surface area contributed by atoms with Crippen LogP contribution in [0, 0.1) is 0 Å². The molecule has 1 aliphatic rings. The zero-order chi connectivity index (χ0) is 16.4. The maximum absolute atomic E-state index is 12.4. The number of fused-ring (bicyclic) bond motifs is 1. The first-order chi connectivity index (χ1) is 11.1. The number of carbonyl (C=O) groups excluding carboxylic acids is 1. The summed E-state index contributed by atoms with van der Waals surface area (Å²) in [6, 6.07) is 8.28. The van der Waals surface area contributed by atoms with Crippen LogP contribution in [0.25, 0.3) is 10.1 Å². The zero-order valence-electron chi connectivity index (χ0n) is 13.0. The molecule has 0 atom stereocenters. The van der Waals surface area contributed by atoms with E-state index in [1.807, 2.05) is 41.5 Å². The third kappa shape index (κ3) is 3.38. The highest BCUT2D eigenvalue weighted by Gasteiger charge is 2.35. The van der Waals surface area contributed by atoms with Crippen molar-refractivity contribution in [3.8, 4) is 0 Å². The third-order valence-electron chi connectivity index (χ3n) is 4.43. The van der Waals surface area contributed by atoms with Gasteiger partial charge in [0.05, 0.1) is 12.1 Å². The largest absolute Gasteiger partial charge is 0.480 e. The van der Waals surface area contributed by atoms with Gasteiger partial charge in [-0.2, -0.15) is 0 Å². The van der Waals surface area contributed by atoms with Crippen molar-refractivity contribution in [3.05, 3.63) is 35.2 Å². The van der Waals surface area contributed by atoms with E-state index in [-0.39, 0.29) is 24.5 Å². The lowest BCUT2D eigenvalue weighted by atomic mass is 9.85. The van der Waals surface area contributed by atoms with Crippen LogP contribution in [0.5, 0.6) is 0 Å². The van der Waals surface area contributed by atoms with Gasteiger partial charge in [-0.3, -0.25) is 14.5 Å². The van der Waals surface area contributed by atoms with Crippen molar-refractivity contribution in [2.75, 3.05) is 13.1 Å². The number of amides is 1. The second-order valence-electron chi connectivity index (χ2n) is 5.90. The number of thiophene rings is 1.